The Bertz CT molecular complexity index is 520. The van der Waals surface area contributed by atoms with Crippen LogP contribution >= 0.6 is 0 Å². The van der Waals surface area contributed by atoms with Gasteiger partial charge in [-0.1, -0.05) is 18.2 Å². The standard InChI is InChI=1S/C15H21N2O4S.Fm/c1-15(2,3)21-14(19)11-17(10-9-16-12-18)22(20)13-7-5-4-6-8-13;/h4-8H,9-11H2,1-3H3,(H,16,18);/q-1;. The molecule has 23 heavy (non-hydrogen) atoms. The van der Waals surface area contributed by atoms with Gasteiger partial charge in [0.15, 0.2) is 0 Å². The van der Waals surface area contributed by atoms with Crippen LogP contribution in [0.3, 0.4) is 0 Å². The molecule has 0 saturated carbocycles. The number of hydrogen-bond acceptors (Lipinski definition) is 4. The minimum absolute atomic E-state index is 0. The van der Waals surface area contributed by atoms with Crippen LogP contribution in [-0.4, -0.2) is 46.1 Å². The average Bonchev–Trinajstić information content (AvgIpc) is 2.44. The molecule has 0 saturated heterocycles. The first-order chi connectivity index (χ1) is 10.3. The molecular weight excluding hydrogens is 561 g/mol. The molecular formula is C15H21FmN2O4S-. The second-order valence-electron chi connectivity index (χ2n) is 5.54. The van der Waals surface area contributed by atoms with Crippen LogP contribution in [0, 0.1) is 0 Å². The van der Waals surface area contributed by atoms with E-state index < -0.39 is 22.6 Å². The Kier molecular flexibility index (Phi) is 8.21. The number of nitrogens with one attached hydrogen (secondary N) is 1. The quantitative estimate of drug-likeness (QED) is 0.215. The summed E-state index contributed by atoms with van der Waals surface area (Å²) in [5, 5.41) is 2.37. The summed E-state index contributed by atoms with van der Waals surface area (Å²) in [6.07, 6.45) is 1.55. The fourth-order valence-corrected chi connectivity index (χ4v) is 2.82. The summed E-state index contributed by atoms with van der Waals surface area (Å²) >= 11 is 0. The number of benzene rings is 1. The van der Waals surface area contributed by atoms with Crippen molar-refractivity contribution in [3.05, 3.63) is 30.3 Å². The molecule has 0 aliphatic carbocycles. The number of amides is 1. The topological polar surface area (TPSA) is 75.7 Å². The normalized spacial score (nSPS) is 12.2. The smallest absolute Gasteiger partial charge is 0.321 e. The zero-order valence-corrected chi connectivity index (χ0v) is 16.5. The van der Waals surface area contributed by atoms with Crippen molar-refractivity contribution in [2.45, 2.75) is 31.3 Å². The molecule has 0 aliphatic rings. The minimum Gasteiger partial charge on any atom is -0.529 e. The third-order valence-corrected chi connectivity index (χ3v) is 3.92. The van der Waals surface area contributed by atoms with Gasteiger partial charge < -0.3 is 14.8 Å². The van der Waals surface area contributed by atoms with Crippen LogP contribution in [0.15, 0.2) is 35.2 Å². The molecule has 1 atom stereocenters. The van der Waals surface area contributed by atoms with E-state index in [1.165, 1.54) is 4.31 Å². The second kappa shape index (κ2) is 9.32. The molecule has 1 unspecified atom stereocenters. The van der Waals surface area contributed by atoms with Gasteiger partial charge in [0.1, 0.15) is 23.1 Å². The first kappa shape index (κ1) is 20.3. The summed E-state index contributed by atoms with van der Waals surface area (Å²) in [6.45, 7) is 5.67. The predicted molar refractivity (Wildman–Crippen MR) is 84.0 cm³/mol. The Morgan fingerprint density at radius 3 is 2.43 bits per heavy atom. The summed E-state index contributed by atoms with van der Waals surface area (Å²) in [7, 11) is -1.51. The molecule has 1 aromatic carbocycles. The number of ether oxygens (including phenoxy) is 1. The van der Waals surface area contributed by atoms with E-state index in [-0.39, 0.29) is 19.6 Å². The van der Waals surface area contributed by atoms with E-state index in [0.717, 1.165) is 0 Å². The summed E-state index contributed by atoms with van der Waals surface area (Å²) in [5.74, 6) is -0.466. The van der Waals surface area contributed by atoms with Gasteiger partial charge in [0.2, 0.25) is 0 Å². The maximum absolute atomic E-state index is 12.5. The summed E-state index contributed by atoms with van der Waals surface area (Å²) in [5.41, 5.74) is -0.605. The number of carbonyl (C=O) groups excluding carboxylic acids is 2. The van der Waals surface area contributed by atoms with E-state index in [1.807, 2.05) is 6.07 Å². The van der Waals surface area contributed by atoms with Gasteiger partial charge in [0.05, 0.1) is 4.90 Å². The van der Waals surface area contributed by atoms with Crippen molar-refractivity contribution in [2.75, 3.05) is 19.6 Å². The third kappa shape index (κ3) is 7.73. The number of esters is 1. The fraction of sp³-hybridized carbons (Fsp3) is 0.467. The molecule has 1 aromatic rings. The van der Waals surface area contributed by atoms with Gasteiger partial charge in [-0.05, 0) is 39.4 Å². The molecule has 0 aromatic heterocycles. The van der Waals surface area contributed by atoms with Crippen molar-refractivity contribution in [1.29, 1.82) is 0 Å². The van der Waals surface area contributed by atoms with Gasteiger partial charge >= 0.3 is 5.97 Å². The molecule has 0 heterocycles. The first-order valence-electron chi connectivity index (χ1n) is 6.87. The molecule has 8 heteroatoms. The minimum atomic E-state index is -1.51. The van der Waals surface area contributed by atoms with Crippen molar-refractivity contribution in [1.82, 2.24) is 9.62 Å². The Morgan fingerprint density at radius 1 is 1.30 bits per heavy atom. The number of rotatable bonds is 8. The number of carbonyl (C=O) groups is 1. The van der Waals surface area contributed by atoms with Gasteiger partial charge in [-0.25, -0.2) is 8.51 Å². The fourth-order valence-electron chi connectivity index (χ4n) is 1.66. The van der Waals surface area contributed by atoms with Crippen LogP contribution in [0.5, 0.6) is 0 Å². The van der Waals surface area contributed by atoms with Gasteiger partial charge in [0, 0.05) is 6.54 Å². The maximum Gasteiger partial charge on any atom is 0.321 e. The van der Waals surface area contributed by atoms with E-state index in [9.17, 15) is 13.8 Å². The van der Waals surface area contributed by atoms with Crippen molar-refractivity contribution >= 4 is 23.4 Å². The average molecular weight is 582 g/mol. The van der Waals surface area contributed by atoms with Crippen LogP contribution < -0.4 is 5.32 Å². The van der Waals surface area contributed by atoms with Gasteiger partial charge in [-0.2, -0.15) is 6.41 Å². The Morgan fingerprint density at radius 2 is 1.91 bits per heavy atom. The maximum atomic E-state index is 12.5. The Labute approximate surface area is 133 Å². The molecule has 6 nitrogen and oxygen atoms in total. The van der Waals surface area contributed by atoms with Gasteiger partial charge in [-0.3, -0.25) is 4.79 Å². The van der Waals surface area contributed by atoms with Crippen molar-refractivity contribution in [3.63, 3.8) is 0 Å². The van der Waals surface area contributed by atoms with Crippen LogP contribution in [0.2, 0.25) is 0 Å². The molecule has 134 valence electrons. The second-order valence-corrected chi connectivity index (χ2v) is 7.03. The van der Waals surface area contributed by atoms with E-state index in [2.05, 4.69) is 5.32 Å². The Balaban J connectivity index is 0.00000484. The zero-order chi connectivity index (χ0) is 16.6. The van der Waals surface area contributed by atoms with Crippen molar-refractivity contribution < 1.29 is 18.5 Å². The Hall–Kier alpha value is -2.73. The SMILES string of the molecule is CC(C)(C)OC(=O)CN(CCN[C-]=O)S(=O)c1ccccc1.[Fm]. The monoisotopic (exact) mass is 582 g/mol. The van der Waals surface area contributed by atoms with E-state index >= 15 is 0 Å². The number of nitrogens with zero attached hydrogens (tertiary/aromatic N) is 1. The molecule has 1 rings (SSSR count). The van der Waals surface area contributed by atoms with E-state index in [0.29, 0.717) is 4.90 Å². The molecule has 1 N–H and O–H groups in total. The van der Waals surface area contributed by atoms with Crippen LogP contribution in [0.4, 0.5) is 0 Å². The molecule has 0 spiro atoms. The zero-order valence-electron chi connectivity index (χ0n) is 13.3. The van der Waals surface area contributed by atoms with Crippen molar-refractivity contribution in [3.8, 4) is 0 Å². The summed E-state index contributed by atoms with van der Waals surface area (Å²) < 4.78 is 19.2. The number of hydrogen-bond donors (Lipinski definition) is 1. The molecule has 0 radical (unpaired) electrons. The van der Waals surface area contributed by atoms with E-state index in [4.69, 9.17) is 4.74 Å². The van der Waals surface area contributed by atoms with Gasteiger partial charge in [-0.15, -0.1) is 0 Å². The molecule has 0 aliphatic heterocycles. The molecule has 1 amide bonds. The third-order valence-electron chi connectivity index (χ3n) is 2.46. The molecule has 0 bridgehead atoms. The van der Waals surface area contributed by atoms with Crippen LogP contribution in [0.1, 0.15) is 20.8 Å². The summed E-state index contributed by atoms with van der Waals surface area (Å²) in [6, 6.07) is 8.81. The van der Waals surface area contributed by atoms with Crippen LogP contribution in [0.25, 0.3) is 0 Å². The molecule has 0 fully saturated rings. The largest absolute Gasteiger partial charge is 0.529 e. The van der Waals surface area contributed by atoms with Crippen LogP contribution in [-0.2, 0) is 25.3 Å². The first-order valence-corrected chi connectivity index (χ1v) is 7.98. The summed E-state index contributed by atoms with van der Waals surface area (Å²) in [4.78, 5) is 22.7. The predicted octanol–water partition coefficient (Wildman–Crippen LogP) is 1.01. The van der Waals surface area contributed by atoms with Crippen molar-refractivity contribution in [2.24, 2.45) is 0 Å². The van der Waals surface area contributed by atoms with Gasteiger partial charge in [0.25, 0.3) is 0 Å². The van der Waals surface area contributed by atoms with E-state index in [1.54, 1.807) is 51.4 Å².